The molecule has 0 aliphatic heterocycles. The fourth-order valence-electron chi connectivity index (χ4n) is 2.45. The first-order valence-corrected chi connectivity index (χ1v) is 8.76. The summed E-state index contributed by atoms with van der Waals surface area (Å²) in [7, 11) is 0. The van der Waals surface area contributed by atoms with Crippen LogP contribution in [0, 0.1) is 0 Å². The highest BCUT2D eigenvalue weighted by Gasteiger charge is 2.11. The monoisotopic (exact) mass is 337 g/mol. The molecule has 0 radical (unpaired) electrons. The van der Waals surface area contributed by atoms with E-state index >= 15 is 0 Å². The number of carbonyl (C=O) groups excluding carboxylic acids is 1. The molecule has 2 aromatic carbocycles. The van der Waals surface area contributed by atoms with Crippen molar-refractivity contribution in [2.75, 3.05) is 5.75 Å². The van der Waals surface area contributed by atoms with Gasteiger partial charge in [-0.1, -0.05) is 60.3 Å². The lowest BCUT2D eigenvalue weighted by Gasteiger charge is -2.07. The molecule has 0 unspecified atom stereocenters. The van der Waals surface area contributed by atoms with Crippen LogP contribution in [0.4, 0.5) is 0 Å². The van der Waals surface area contributed by atoms with Crippen molar-refractivity contribution in [1.29, 1.82) is 0 Å². The Morgan fingerprint density at radius 3 is 2.71 bits per heavy atom. The van der Waals surface area contributed by atoms with Gasteiger partial charge in [0, 0.05) is 13.1 Å². The summed E-state index contributed by atoms with van der Waals surface area (Å²) in [5.41, 5.74) is 3.09. The van der Waals surface area contributed by atoms with E-state index < -0.39 is 0 Å². The number of imidazole rings is 1. The van der Waals surface area contributed by atoms with Gasteiger partial charge >= 0.3 is 0 Å². The molecule has 1 heterocycles. The first-order valence-electron chi connectivity index (χ1n) is 7.77. The summed E-state index contributed by atoms with van der Waals surface area (Å²) in [6.45, 7) is 5.02. The van der Waals surface area contributed by atoms with Gasteiger partial charge in [-0.25, -0.2) is 4.98 Å². The fraction of sp³-hybridized carbons (Fsp3) is 0.158. The van der Waals surface area contributed by atoms with Crippen LogP contribution in [0.25, 0.3) is 11.0 Å². The van der Waals surface area contributed by atoms with Crippen LogP contribution in [0.5, 0.6) is 0 Å². The Hall–Kier alpha value is -2.53. The van der Waals surface area contributed by atoms with Gasteiger partial charge in [-0.15, -0.1) is 6.58 Å². The van der Waals surface area contributed by atoms with Crippen LogP contribution >= 0.6 is 11.8 Å². The van der Waals surface area contributed by atoms with Crippen LogP contribution in [0.1, 0.15) is 5.56 Å². The summed E-state index contributed by atoms with van der Waals surface area (Å²) in [5, 5.41) is 3.78. The number of benzene rings is 2. The maximum absolute atomic E-state index is 12.1. The van der Waals surface area contributed by atoms with Crippen molar-refractivity contribution in [2.45, 2.75) is 18.2 Å². The summed E-state index contributed by atoms with van der Waals surface area (Å²) in [5.74, 6) is 0.342. The first-order chi connectivity index (χ1) is 11.8. The molecule has 1 aromatic heterocycles. The molecular weight excluding hydrogens is 318 g/mol. The quantitative estimate of drug-likeness (QED) is 0.529. The molecular formula is C19H19N3OS. The highest BCUT2D eigenvalue weighted by Crippen LogP contribution is 2.23. The van der Waals surface area contributed by atoms with Gasteiger partial charge in [0.25, 0.3) is 0 Å². The third-order valence-corrected chi connectivity index (χ3v) is 4.57. The number of thioether (sulfide) groups is 1. The van der Waals surface area contributed by atoms with Gasteiger partial charge in [0.15, 0.2) is 5.16 Å². The molecule has 1 amide bonds. The van der Waals surface area contributed by atoms with E-state index in [1.54, 1.807) is 0 Å². The Morgan fingerprint density at radius 2 is 1.92 bits per heavy atom. The predicted octanol–water partition coefficient (Wildman–Crippen LogP) is 3.63. The molecule has 0 fully saturated rings. The van der Waals surface area contributed by atoms with Crippen molar-refractivity contribution in [1.82, 2.24) is 14.9 Å². The SMILES string of the molecule is C=CCn1c(SCC(=O)NCc2ccccc2)nc2ccccc21. The van der Waals surface area contributed by atoms with Crippen molar-refractivity contribution < 1.29 is 4.79 Å². The second-order valence-corrected chi connectivity index (χ2v) is 6.28. The molecule has 0 atom stereocenters. The van der Waals surface area contributed by atoms with Crippen LogP contribution < -0.4 is 5.32 Å². The average molecular weight is 337 g/mol. The number of hydrogen-bond donors (Lipinski definition) is 1. The number of nitrogens with one attached hydrogen (secondary N) is 1. The number of para-hydroxylation sites is 2. The average Bonchev–Trinajstić information content (AvgIpc) is 2.97. The number of aromatic nitrogens is 2. The maximum Gasteiger partial charge on any atom is 0.230 e. The molecule has 4 nitrogen and oxygen atoms in total. The molecule has 122 valence electrons. The standard InChI is InChI=1S/C19H19N3OS/c1-2-12-22-17-11-7-6-10-16(17)21-19(22)24-14-18(23)20-13-15-8-4-3-5-9-15/h2-11H,1,12-14H2,(H,20,23). The first kappa shape index (κ1) is 16.3. The molecule has 3 aromatic rings. The molecule has 0 aliphatic rings. The zero-order valence-corrected chi connectivity index (χ0v) is 14.1. The largest absolute Gasteiger partial charge is 0.351 e. The molecule has 24 heavy (non-hydrogen) atoms. The van der Waals surface area contributed by atoms with Crippen LogP contribution in [0.3, 0.4) is 0 Å². The van der Waals surface area contributed by atoms with E-state index in [4.69, 9.17) is 0 Å². The van der Waals surface area contributed by atoms with Crippen LogP contribution in [-0.2, 0) is 17.9 Å². The molecule has 0 saturated heterocycles. The van der Waals surface area contributed by atoms with Crippen molar-refractivity contribution >= 4 is 28.7 Å². The minimum atomic E-state index is 0.000984. The normalized spacial score (nSPS) is 10.7. The minimum Gasteiger partial charge on any atom is -0.351 e. The van der Waals surface area contributed by atoms with Crippen LogP contribution in [0.2, 0.25) is 0 Å². The summed E-state index contributed by atoms with van der Waals surface area (Å²) >= 11 is 1.45. The highest BCUT2D eigenvalue weighted by molar-refractivity contribution is 7.99. The number of nitrogens with zero attached hydrogens (tertiary/aromatic N) is 2. The van der Waals surface area contributed by atoms with Gasteiger partial charge in [-0.05, 0) is 17.7 Å². The highest BCUT2D eigenvalue weighted by atomic mass is 32.2. The molecule has 5 heteroatoms. The number of hydrogen-bond acceptors (Lipinski definition) is 3. The van der Waals surface area contributed by atoms with Crippen molar-refractivity contribution in [3.05, 3.63) is 72.8 Å². The zero-order valence-electron chi connectivity index (χ0n) is 13.3. The molecule has 0 aliphatic carbocycles. The molecule has 1 N–H and O–H groups in total. The zero-order chi connectivity index (χ0) is 16.8. The second-order valence-electron chi connectivity index (χ2n) is 5.33. The van der Waals surface area contributed by atoms with Gasteiger partial charge in [0.1, 0.15) is 0 Å². The van der Waals surface area contributed by atoms with E-state index in [1.807, 2.05) is 60.7 Å². The Bertz CT molecular complexity index is 842. The second kappa shape index (κ2) is 7.84. The number of allylic oxidation sites excluding steroid dienone is 1. The summed E-state index contributed by atoms with van der Waals surface area (Å²) < 4.78 is 2.08. The van der Waals surface area contributed by atoms with Gasteiger partial charge < -0.3 is 9.88 Å². The molecule has 0 saturated carbocycles. The number of fused-ring (bicyclic) bond motifs is 1. The van der Waals surface area contributed by atoms with Crippen LogP contribution in [0.15, 0.2) is 72.4 Å². The lowest BCUT2D eigenvalue weighted by molar-refractivity contribution is -0.118. The summed E-state index contributed by atoms with van der Waals surface area (Å²) in [6.07, 6.45) is 1.84. The Kier molecular flexibility index (Phi) is 5.33. The lowest BCUT2D eigenvalue weighted by atomic mass is 10.2. The van der Waals surface area contributed by atoms with Gasteiger partial charge in [0.05, 0.1) is 16.8 Å². The Labute approximate surface area is 145 Å². The van der Waals surface area contributed by atoms with Crippen molar-refractivity contribution in [3.63, 3.8) is 0 Å². The number of amides is 1. The lowest BCUT2D eigenvalue weighted by Crippen LogP contribution is -2.24. The fourth-order valence-corrected chi connectivity index (χ4v) is 3.30. The summed E-state index contributed by atoms with van der Waals surface area (Å²) in [4.78, 5) is 16.7. The topological polar surface area (TPSA) is 46.9 Å². The smallest absolute Gasteiger partial charge is 0.230 e. The van der Waals surface area contributed by atoms with Crippen molar-refractivity contribution in [2.24, 2.45) is 0 Å². The van der Waals surface area contributed by atoms with E-state index in [9.17, 15) is 4.79 Å². The van der Waals surface area contributed by atoms with E-state index in [-0.39, 0.29) is 5.91 Å². The minimum absolute atomic E-state index is 0.000984. The third-order valence-electron chi connectivity index (χ3n) is 3.60. The third kappa shape index (κ3) is 3.86. The molecule has 0 bridgehead atoms. The van der Waals surface area contributed by atoms with Crippen molar-refractivity contribution in [3.8, 4) is 0 Å². The van der Waals surface area contributed by atoms with E-state index in [0.717, 1.165) is 21.8 Å². The number of rotatable bonds is 7. The predicted molar refractivity (Wildman–Crippen MR) is 98.9 cm³/mol. The van der Waals surface area contributed by atoms with E-state index in [1.165, 1.54) is 11.8 Å². The van der Waals surface area contributed by atoms with Gasteiger partial charge in [0.2, 0.25) is 5.91 Å². The Morgan fingerprint density at radius 1 is 1.17 bits per heavy atom. The van der Waals surface area contributed by atoms with E-state index in [2.05, 4.69) is 21.4 Å². The van der Waals surface area contributed by atoms with E-state index in [0.29, 0.717) is 18.8 Å². The molecule has 3 rings (SSSR count). The molecule has 0 spiro atoms. The van der Waals surface area contributed by atoms with Crippen LogP contribution in [-0.4, -0.2) is 21.2 Å². The summed E-state index contributed by atoms with van der Waals surface area (Å²) in [6, 6.07) is 17.9. The maximum atomic E-state index is 12.1. The van der Waals surface area contributed by atoms with Gasteiger partial charge in [-0.3, -0.25) is 4.79 Å². The number of carbonyl (C=O) groups is 1. The Balaban J connectivity index is 1.63. The van der Waals surface area contributed by atoms with Gasteiger partial charge in [-0.2, -0.15) is 0 Å².